The molecule has 446 valence electrons. The molecule has 0 aromatic carbocycles. The Kier molecular flexibility index (Phi) is 62.7. The Bertz CT molecular complexity index is 1420. The first-order valence-electron chi connectivity index (χ1n) is 33.4. The van der Waals surface area contributed by atoms with Gasteiger partial charge < -0.3 is 14.2 Å². The normalized spacial score (nSPS) is 12.5. The van der Waals surface area contributed by atoms with Crippen LogP contribution in [0.5, 0.6) is 0 Å². The maximum atomic E-state index is 12.9. The second-order valence-electron chi connectivity index (χ2n) is 22.4. The molecular formula is C71H126O6. The summed E-state index contributed by atoms with van der Waals surface area (Å²) >= 11 is 0. The predicted molar refractivity (Wildman–Crippen MR) is 335 cm³/mol. The van der Waals surface area contributed by atoms with Crippen LogP contribution in [0.1, 0.15) is 342 Å². The van der Waals surface area contributed by atoms with Gasteiger partial charge in [0, 0.05) is 19.3 Å². The summed E-state index contributed by atoms with van der Waals surface area (Å²) < 4.78 is 17.0. The monoisotopic (exact) mass is 1070 g/mol. The summed E-state index contributed by atoms with van der Waals surface area (Å²) in [5, 5.41) is 0. The molecule has 0 N–H and O–H groups in total. The lowest BCUT2D eigenvalue weighted by atomic mass is 10.0. The van der Waals surface area contributed by atoms with Gasteiger partial charge in [-0.25, -0.2) is 0 Å². The molecule has 1 atom stereocenters. The van der Waals surface area contributed by atoms with E-state index >= 15 is 0 Å². The van der Waals surface area contributed by atoms with Crippen molar-refractivity contribution in [2.24, 2.45) is 0 Å². The van der Waals surface area contributed by atoms with Gasteiger partial charge in [0.1, 0.15) is 13.2 Å². The van der Waals surface area contributed by atoms with E-state index in [1.165, 1.54) is 199 Å². The minimum Gasteiger partial charge on any atom is -0.462 e. The number of esters is 3. The van der Waals surface area contributed by atoms with Crippen molar-refractivity contribution in [2.75, 3.05) is 13.2 Å². The zero-order valence-electron chi connectivity index (χ0n) is 51.2. The summed E-state index contributed by atoms with van der Waals surface area (Å²) in [6, 6.07) is 0. The van der Waals surface area contributed by atoms with Crippen LogP contribution in [0.15, 0.2) is 72.9 Å². The quantitative estimate of drug-likeness (QED) is 0.0261. The highest BCUT2D eigenvalue weighted by Gasteiger charge is 2.19. The van der Waals surface area contributed by atoms with Gasteiger partial charge in [-0.2, -0.15) is 0 Å². The second-order valence-corrected chi connectivity index (χ2v) is 22.4. The molecule has 0 amide bonds. The molecule has 1 unspecified atom stereocenters. The van der Waals surface area contributed by atoms with Crippen LogP contribution in [0.2, 0.25) is 0 Å². The van der Waals surface area contributed by atoms with Crippen LogP contribution in [0.3, 0.4) is 0 Å². The Morgan fingerprint density at radius 1 is 0.273 bits per heavy atom. The molecule has 0 spiro atoms. The fraction of sp³-hybridized carbons (Fsp3) is 0.789. The van der Waals surface area contributed by atoms with Crippen molar-refractivity contribution in [3.63, 3.8) is 0 Å². The molecule has 0 saturated carbocycles. The third-order valence-corrected chi connectivity index (χ3v) is 14.7. The molecule has 0 bridgehead atoms. The van der Waals surface area contributed by atoms with Crippen molar-refractivity contribution in [3.8, 4) is 0 Å². The minimum absolute atomic E-state index is 0.0791. The third kappa shape index (κ3) is 63.6. The number of carbonyl (C=O) groups excluding carboxylic acids is 3. The topological polar surface area (TPSA) is 78.9 Å². The highest BCUT2D eigenvalue weighted by atomic mass is 16.6. The van der Waals surface area contributed by atoms with E-state index in [0.717, 1.165) is 103 Å². The molecule has 77 heavy (non-hydrogen) atoms. The molecule has 6 heteroatoms. The molecule has 0 fully saturated rings. The van der Waals surface area contributed by atoms with E-state index in [4.69, 9.17) is 14.2 Å². The number of rotatable bonds is 61. The van der Waals surface area contributed by atoms with Gasteiger partial charge in [-0.15, -0.1) is 0 Å². The van der Waals surface area contributed by atoms with Crippen LogP contribution in [0.4, 0.5) is 0 Å². The highest BCUT2D eigenvalue weighted by molar-refractivity contribution is 5.71. The smallest absolute Gasteiger partial charge is 0.306 e. The molecule has 0 heterocycles. The van der Waals surface area contributed by atoms with Gasteiger partial charge in [0.05, 0.1) is 0 Å². The Morgan fingerprint density at radius 2 is 0.519 bits per heavy atom. The molecule has 0 rings (SSSR count). The first-order chi connectivity index (χ1) is 38.0. The molecule has 6 nitrogen and oxygen atoms in total. The molecule has 0 aliphatic rings. The van der Waals surface area contributed by atoms with Gasteiger partial charge >= 0.3 is 17.9 Å². The van der Waals surface area contributed by atoms with E-state index in [1.54, 1.807) is 0 Å². The van der Waals surface area contributed by atoms with Gasteiger partial charge in [0.25, 0.3) is 0 Å². The average Bonchev–Trinajstić information content (AvgIpc) is 3.43. The molecule has 0 aromatic heterocycles. The van der Waals surface area contributed by atoms with E-state index < -0.39 is 6.10 Å². The van der Waals surface area contributed by atoms with Crippen molar-refractivity contribution in [1.82, 2.24) is 0 Å². The molecule has 0 aliphatic heterocycles. The number of unbranched alkanes of at least 4 members (excludes halogenated alkanes) is 38. The van der Waals surface area contributed by atoms with Crippen molar-refractivity contribution in [1.29, 1.82) is 0 Å². The van der Waals surface area contributed by atoms with E-state index in [0.29, 0.717) is 19.3 Å². The fourth-order valence-electron chi connectivity index (χ4n) is 9.69. The van der Waals surface area contributed by atoms with Crippen LogP contribution in [-0.4, -0.2) is 37.2 Å². The van der Waals surface area contributed by atoms with Crippen LogP contribution < -0.4 is 0 Å². The SMILES string of the molecule is CC/C=C\C/C=C\C/C=C\C/C=C\CCCCCCCCCCCCC(=O)OCC(COC(=O)CCCCCCC/C=C\C/C=C\CCCC)OC(=O)CCCCCCCCCCCCCCCCCCCCCCCC. The number of hydrogen-bond acceptors (Lipinski definition) is 6. The summed E-state index contributed by atoms with van der Waals surface area (Å²) in [4.78, 5) is 38.4. The van der Waals surface area contributed by atoms with Crippen molar-refractivity contribution in [3.05, 3.63) is 72.9 Å². The first-order valence-corrected chi connectivity index (χ1v) is 33.4. The zero-order chi connectivity index (χ0) is 55.7. The van der Waals surface area contributed by atoms with Gasteiger partial charge in [-0.05, 0) is 83.5 Å². The number of carbonyl (C=O) groups is 3. The Balaban J connectivity index is 4.31. The van der Waals surface area contributed by atoms with Gasteiger partial charge in [-0.1, -0.05) is 312 Å². The number of allylic oxidation sites excluding steroid dienone is 12. The zero-order valence-corrected chi connectivity index (χ0v) is 51.2. The summed E-state index contributed by atoms with van der Waals surface area (Å²) in [6.07, 6.45) is 84.9. The van der Waals surface area contributed by atoms with Gasteiger partial charge in [0.15, 0.2) is 6.10 Å². The second kappa shape index (κ2) is 65.4. The Hall–Kier alpha value is -3.15. The molecular weight excluding hydrogens is 949 g/mol. The summed E-state index contributed by atoms with van der Waals surface area (Å²) in [6.45, 7) is 6.52. The van der Waals surface area contributed by atoms with Crippen LogP contribution in [-0.2, 0) is 28.6 Å². The number of ether oxygens (including phenoxy) is 3. The first kappa shape index (κ1) is 73.8. The maximum Gasteiger partial charge on any atom is 0.306 e. The third-order valence-electron chi connectivity index (χ3n) is 14.7. The van der Waals surface area contributed by atoms with Gasteiger partial charge in [0.2, 0.25) is 0 Å². The van der Waals surface area contributed by atoms with Crippen LogP contribution in [0, 0.1) is 0 Å². The Labute approximate surface area is 478 Å². The largest absolute Gasteiger partial charge is 0.462 e. The molecule has 0 aliphatic carbocycles. The molecule has 0 aromatic rings. The Morgan fingerprint density at radius 3 is 0.831 bits per heavy atom. The van der Waals surface area contributed by atoms with Crippen molar-refractivity contribution < 1.29 is 28.6 Å². The maximum absolute atomic E-state index is 12.9. The van der Waals surface area contributed by atoms with E-state index in [2.05, 4.69) is 93.7 Å². The summed E-state index contributed by atoms with van der Waals surface area (Å²) in [5.74, 6) is -0.878. The lowest BCUT2D eigenvalue weighted by molar-refractivity contribution is -0.167. The average molecular weight is 1080 g/mol. The van der Waals surface area contributed by atoms with Crippen LogP contribution in [0.25, 0.3) is 0 Å². The van der Waals surface area contributed by atoms with E-state index in [1.807, 2.05) is 0 Å². The summed E-state index contributed by atoms with van der Waals surface area (Å²) in [5.41, 5.74) is 0. The van der Waals surface area contributed by atoms with Crippen LogP contribution >= 0.6 is 0 Å². The lowest BCUT2D eigenvalue weighted by Crippen LogP contribution is -2.30. The van der Waals surface area contributed by atoms with E-state index in [9.17, 15) is 14.4 Å². The molecule has 0 radical (unpaired) electrons. The number of hydrogen-bond donors (Lipinski definition) is 0. The highest BCUT2D eigenvalue weighted by Crippen LogP contribution is 2.18. The molecule has 0 saturated heterocycles. The predicted octanol–water partition coefficient (Wildman–Crippen LogP) is 22.9. The summed E-state index contributed by atoms with van der Waals surface area (Å²) in [7, 11) is 0. The minimum atomic E-state index is -0.783. The lowest BCUT2D eigenvalue weighted by Gasteiger charge is -2.18. The van der Waals surface area contributed by atoms with Crippen molar-refractivity contribution >= 4 is 17.9 Å². The standard InChI is InChI=1S/C71H126O6/c1-4-7-10-13-16-19-22-25-28-30-32-34-36-38-39-41-43-46-49-52-55-58-61-64-70(73)76-67-68(66-75-69(72)63-60-57-54-51-48-45-27-24-21-18-15-12-9-6-3)77-71(74)65-62-59-56-53-50-47-44-42-40-37-35-33-31-29-26-23-20-17-14-11-8-5-2/h7,10,15-16,18-19,24-25,27-28,32,34,68H,4-6,8-9,11-14,17,20-23,26,29-31,33,35-67H2,1-3H3/b10-7-,18-15-,19-16-,27-24-,28-25-,34-32-. The van der Waals surface area contributed by atoms with Gasteiger partial charge in [-0.3, -0.25) is 14.4 Å². The van der Waals surface area contributed by atoms with E-state index in [-0.39, 0.29) is 31.1 Å². The van der Waals surface area contributed by atoms with Crippen molar-refractivity contribution in [2.45, 2.75) is 348 Å². The fourth-order valence-corrected chi connectivity index (χ4v) is 9.69.